The van der Waals surface area contributed by atoms with Gasteiger partial charge < -0.3 is 10.2 Å². The largest absolute Gasteiger partial charge is 0.359 e. The summed E-state index contributed by atoms with van der Waals surface area (Å²) in [5.74, 6) is 0.0239. The van der Waals surface area contributed by atoms with E-state index in [2.05, 4.69) is 46.7 Å². The van der Waals surface area contributed by atoms with Crippen LogP contribution in [0.4, 0.5) is 0 Å². The molecule has 2 aromatic carbocycles. The van der Waals surface area contributed by atoms with E-state index in [9.17, 15) is 9.59 Å². The zero-order chi connectivity index (χ0) is 21.7. The molecule has 1 fully saturated rings. The van der Waals surface area contributed by atoms with Crippen molar-refractivity contribution in [2.45, 2.75) is 19.3 Å². The molecule has 1 aliphatic rings. The predicted octanol–water partition coefficient (Wildman–Crippen LogP) is 3.96. The highest BCUT2D eigenvalue weighted by Gasteiger charge is 2.42. The van der Waals surface area contributed by atoms with E-state index < -0.39 is 5.41 Å². The van der Waals surface area contributed by atoms with Crippen LogP contribution < -0.4 is 5.32 Å². The quantitative estimate of drug-likeness (QED) is 0.689. The second-order valence-electron chi connectivity index (χ2n) is 8.14. The van der Waals surface area contributed by atoms with E-state index in [0.29, 0.717) is 37.9 Å². The Morgan fingerprint density at radius 1 is 0.968 bits per heavy atom. The first-order valence-corrected chi connectivity index (χ1v) is 10.7. The molecule has 31 heavy (non-hydrogen) atoms. The number of nitrogens with zero attached hydrogens (tertiary/aromatic N) is 2. The molecule has 0 atom stereocenters. The van der Waals surface area contributed by atoms with Crippen molar-refractivity contribution in [1.29, 1.82) is 0 Å². The Morgan fingerprint density at radius 3 is 2.39 bits per heavy atom. The fraction of sp³-hybridized carbons (Fsp3) is 0.269. The number of carbonyl (C=O) groups is 2. The molecule has 5 nitrogen and oxygen atoms in total. The van der Waals surface area contributed by atoms with Crippen LogP contribution in [0.5, 0.6) is 0 Å². The maximum Gasteiger partial charge on any atom is 0.255 e. The number of nitrogens with one attached hydrogen (secondary N) is 1. The standard InChI is InChI=1S/C26H27N3O2/c1-27-25(31)26(12-15-29(16-13-26)24(30)23-11-6-14-28-19-23)18-20-7-5-10-22(17-20)21-8-3-2-4-9-21/h2-11,14,17,19H,12-13,15-16,18H2,1H3,(H,27,31). The maximum atomic E-state index is 13.0. The number of pyridine rings is 1. The first kappa shape index (κ1) is 20.8. The number of amides is 2. The van der Waals surface area contributed by atoms with Crippen LogP contribution in [0.3, 0.4) is 0 Å². The average molecular weight is 414 g/mol. The van der Waals surface area contributed by atoms with Gasteiger partial charge in [0.1, 0.15) is 0 Å². The maximum absolute atomic E-state index is 13.0. The Balaban J connectivity index is 1.53. The lowest BCUT2D eigenvalue weighted by Gasteiger charge is -2.40. The van der Waals surface area contributed by atoms with Crippen molar-refractivity contribution in [3.8, 4) is 11.1 Å². The van der Waals surface area contributed by atoms with Gasteiger partial charge in [-0.1, -0.05) is 54.6 Å². The Kier molecular flexibility index (Phi) is 6.12. The number of hydrogen-bond donors (Lipinski definition) is 1. The van der Waals surface area contributed by atoms with Crippen molar-refractivity contribution >= 4 is 11.8 Å². The predicted molar refractivity (Wildman–Crippen MR) is 121 cm³/mol. The van der Waals surface area contributed by atoms with Crippen LogP contribution in [-0.4, -0.2) is 41.8 Å². The van der Waals surface area contributed by atoms with Crippen LogP contribution >= 0.6 is 0 Å². The third-order valence-corrected chi connectivity index (χ3v) is 6.20. The van der Waals surface area contributed by atoms with E-state index in [1.807, 2.05) is 23.1 Å². The van der Waals surface area contributed by atoms with E-state index in [1.165, 1.54) is 0 Å². The Bertz CT molecular complexity index is 1040. The van der Waals surface area contributed by atoms with Crippen molar-refractivity contribution in [1.82, 2.24) is 15.2 Å². The highest BCUT2D eigenvalue weighted by Crippen LogP contribution is 2.36. The van der Waals surface area contributed by atoms with Crippen LogP contribution in [0.1, 0.15) is 28.8 Å². The summed E-state index contributed by atoms with van der Waals surface area (Å²) in [6, 6.07) is 22.2. The molecular weight excluding hydrogens is 386 g/mol. The number of likely N-dealkylation sites (tertiary alicyclic amines) is 1. The molecule has 0 saturated carbocycles. The third-order valence-electron chi connectivity index (χ3n) is 6.20. The Hall–Kier alpha value is -3.47. The molecule has 2 heterocycles. The highest BCUT2D eigenvalue weighted by molar-refractivity contribution is 5.94. The van der Waals surface area contributed by atoms with Crippen molar-refractivity contribution in [3.05, 3.63) is 90.3 Å². The van der Waals surface area contributed by atoms with Gasteiger partial charge in [0, 0.05) is 32.5 Å². The molecule has 0 unspecified atom stereocenters. The van der Waals surface area contributed by atoms with Crippen LogP contribution in [0.2, 0.25) is 0 Å². The fourth-order valence-corrected chi connectivity index (χ4v) is 4.44. The summed E-state index contributed by atoms with van der Waals surface area (Å²) in [7, 11) is 1.69. The molecule has 0 spiro atoms. The van der Waals surface area contributed by atoms with Crippen LogP contribution in [0, 0.1) is 5.41 Å². The van der Waals surface area contributed by atoms with Gasteiger partial charge in [0.2, 0.25) is 5.91 Å². The van der Waals surface area contributed by atoms with Crippen molar-refractivity contribution in [2.75, 3.05) is 20.1 Å². The molecule has 1 aromatic heterocycles. The number of hydrogen-bond acceptors (Lipinski definition) is 3. The molecule has 4 rings (SSSR count). The molecule has 5 heteroatoms. The lowest BCUT2D eigenvalue weighted by Crippen LogP contribution is -2.50. The molecule has 1 N–H and O–H groups in total. The molecule has 3 aromatic rings. The molecule has 1 aliphatic heterocycles. The first-order chi connectivity index (χ1) is 15.1. The van der Waals surface area contributed by atoms with E-state index >= 15 is 0 Å². The van der Waals surface area contributed by atoms with Gasteiger partial charge in [-0.3, -0.25) is 14.6 Å². The normalized spacial score (nSPS) is 15.3. The third kappa shape index (κ3) is 4.50. The minimum absolute atomic E-state index is 0.0234. The summed E-state index contributed by atoms with van der Waals surface area (Å²) in [6.45, 7) is 1.11. The smallest absolute Gasteiger partial charge is 0.255 e. The minimum Gasteiger partial charge on any atom is -0.359 e. The summed E-state index contributed by atoms with van der Waals surface area (Å²) in [5, 5.41) is 2.87. The van der Waals surface area contributed by atoms with E-state index in [-0.39, 0.29) is 11.8 Å². The van der Waals surface area contributed by atoms with Crippen LogP contribution in [0.15, 0.2) is 79.1 Å². The SMILES string of the molecule is CNC(=O)C1(Cc2cccc(-c3ccccc3)c2)CCN(C(=O)c2cccnc2)CC1. The number of piperidine rings is 1. The molecule has 158 valence electrons. The topological polar surface area (TPSA) is 62.3 Å². The summed E-state index contributed by atoms with van der Waals surface area (Å²) in [6.07, 6.45) is 5.18. The molecule has 2 amide bonds. The van der Waals surface area contributed by atoms with Gasteiger partial charge in [-0.05, 0) is 48.1 Å². The zero-order valence-electron chi connectivity index (χ0n) is 17.8. The van der Waals surface area contributed by atoms with Gasteiger partial charge in [-0.25, -0.2) is 0 Å². The summed E-state index contributed by atoms with van der Waals surface area (Å²) < 4.78 is 0. The summed E-state index contributed by atoms with van der Waals surface area (Å²) in [5.41, 5.74) is 3.52. The monoisotopic (exact) mass is 413 g/mol. The lowest BCUT2D eigenvalue weighted by molar-refractivity contribution is -0.133. The minimum atomic E-state index is -0.518. The Morgan fingerprint density at radius 2 is 1.71 bits per heavy atom. The van der Waals surface area contributed by atoms with Crippen LogP contribution in [0.25, 0.3) is 11.1 Å². The second-order valence-corrected chi connectivity index (χ2v) is 8.14. The van der Waals surface area contributed by atoms with Gasteiger partial charge in [0.15, 0.2) is 0 Å². The number of rotatable bonds is 5. The molecule has 0 aliphatic carbocycles. The highest BCUT2D eigenvalue weighted by atomic mass is 16.2. The number of aromatic nitrogens is 1. The van der Waals surface area contributed by atoms with Gasteiger partial charge in [-0.15, -0.1) is 0 Å². The van der Waals surface area contributed by atoms with Gasteiger partial charge in [-0.2, -0.15) is 0 Å². The van der Waals surface area contributed by atoms with Crippen molar-refractivity contribution < 1.29 is 9.59 Å². The fourth-order valence-electron chi connectivity index (χ4n) is 4.44. The second kappa shape index (κ2) is 9.13. The van der Waals surface area contributed by atoms with Crippen molar-refractivity contribution in [3.63, 3.8) is 0 Å². The first-order valence-electron chi connectivity index (χ1n) is 10.7. The van der Waals surface area contributed by atoms with Gasteiger partial charge in [0.25, 0.3) is 5.91 Å². The number of benzene rings is 2. The summed E-state index contributed by atoms with van der Waals surface area (Å²) in [4.78, 5) is 31.6. The van der Waals surface area contributed by atoms with Crippen LogP contribution in [-0.2, 0) is 11.2 Å². The van der Waals surface area contributed by atoms with E-state index in [4.69, 9.17) is 0 Å². The van der Waals surface area contributed by atoms with E-state index in [0.717, 1.165) is 16.7 Å². The summed E-state index contributed by atoms with van der Waals surface area (Å²) >= 11 is 0. The molecule has 1 saturated heterocycles. The van der Waals surface area contributed by atoms with Gasteiger partial charge >= 0.3 is 0 Å². The van der Waals surface area contributed by atoms with Gasteiger partial charge in [0.05, 0.1) is 11.0 Å². The average Bonchev–Trinajstić information content (AvgIpc) is 2.85. The zero-order valence-corrected chi connectivity index (χ0v) is 17.8. The number of carbonyl (C=O) groups excluding carboxylic acids is 2. The lowest BCUT2D eigenvalue weighted by atomic mass is 9.72. The van der Waals surface area contributed by atoms with Crippen molar-refractivity contribution in [2.24, 2.45) is 5.41 Å². The molecule has 0 bridgehead atoms. The Labute approximate surface area is 183 Å². The van der Waals surface area contributed by atoms with E-state index in [1.54, 1.807) is 31.6 Å². The molecule has 0 radical (unpaired) electrons. The molecular formula is C26H27N3O2.